The van der Waals surface area contributed by atoms with Gasteiger partial charge in [0.15, 0.2) is 5.76 Å². The lowest BCUT2D eigenvalue weighted by molar-refractivity contribution is -0.139. The molecule has 0 saturated carbocycles. The van der Waals surface area contributed by atoms with E-state index in [9.17, 15) is 9.59 Å². The molecular weight excluding hydrogens is 306 g/mol. The molecule has 22 heavy (non-hydrogen) atoms. The molecule has 1 amide bonds. The predicted octanol–water partition coefficient (Wildman–Crippen LogP) is 3.20. The van der Waals surface area contributed by atoms with Crippen molar-refractivity contribution in [3.8, 4) is 0 Å². The summed E-state index contributed by atoms with van der Waals surface area (Å²) in [6.45, 7) is 2.15. The number of carbonyl (C=O) groups excluding carboxylic acids is 2. The number of anilines is 1. The van der Waals surface area contributed by atoms with Crippen molar-refractivity contribution >= 4 is 29.2 Å². The molecule has 114 valence electrons. The lowest BCUT2D eigenvalue weighted by atomic mass is 10.1. The Balaban J connectivity index is 2.08. The molecule has 0 radical (unpaired) electrons. The lowest BCUT2D eigenvalue weighted by Crippen LogP contribution is -2.43. The number of furan rings is 1. The predicted molar refractivity (Wildman–Crippen MR) is 81.1 cm³/mol. The molecule has 2 heterocycles. The number of aryl methyl sites for hydroxylation is 1. The van der Waals surface area contributed by atoms with Crippen LogP contribution >= 0.6 is 11.6 Å². The molecular formula is C16H14ClNO4. The first-order valence-corrected chi connectivity index (χ1v) is 7.25. The van der Waals surface area contributed by atoms with Crippen LogP contribution in [0, 0.1) is 6.92 Å². The molecule has 0 N–H and O–H groups in total. The van der Waals surface area contributed by atoms with Crippen molar-refractivity contribution in [2.75, 3.05) is 11.5 Å². The van der Waals surface area contributed by atoms with Crippen LogP contribution < -0.4 is 4.90 Å². The van der Waals surface area contributed by atoms with E-state index in [1.54, 1.807) is 30.3 Å². The van der Waals surface area contributed by atoms with Gasteiger partial charge in [0.05, 0.1) is 12.9 Å². The van der Waals surface area contributed by atoms with Gasteiger partial charge in [-0.2, -0.15) is 0 Å². The first-order valence-electron chi connectivity index (χ1n) is 6.88. The van der Waals surface area contributed by atoms with E-state index in [1.807, 2.05) is 6.92 Å². The lowest BCUT2D eigenvalue weighted by Gasteiger charge is -2.27. The normalized spacial score (nSPS) is 17.4. The van der Waals surface area contributed by atoms with Crippen LogP contribution in [0.5, 0.6) is 0 Å². The molecule has 1 fully saturated rings. The standard InChI is InChI=1S/C16H14ClNO4/c1-10-4-5-11(17)9-13(10)18(12-6-8-22-16(12)20)15(19)14-3-2-7-21-14/h2-5,7,9,12H,6,8H2,1H3. The third-order valence-electron chi connectivity index (χ3n) is 3.60. The molecule has 3 rings (SSSR count). The molecule has 1 aromatic heterocycles. The largest absolute Gasteiger partial charge is 0.464 e. The second kappa shape index (κ2) is 5.85. The Morgan fingerprint density at radius 2 is 2.18 bits per heavy atom. The average Bonchev–Trinajstić information content (AvgIpc) is 3.15. The van der Waals surface area contributed by atoms with E-state index in [0.717, 1.165) is 5.56 Å². The maximum Gasteiger partial charge on any atom is 0.329 e. The number of hydrogen-bond acceptors (Lipinski definition) is 4. The molecule has 0 bridgehead atoms. The van der Waals surface area contributed by atoms with Crippen molar-refractivity contribution in [1.29, 1.82) is 0 Å². The Morgan fingerprint density at radius 1 is 1.36 bits per heavy atom. The van der Waals surface area contributed by atoms with Crippen LogP contribution in [0.15, 0.2) is 41.0 Å². The number of nitrogens with zero attached hydrogens (tertiary/aromatic N) is 1. The van der Waals surface area contributed by atoms with Crippen molar-refractivity contribution in [1.82, 2.24) is 0 Å². The van der Waals surface area contributed by atoms with Gasteiger partial charge < -0.3 is 9.15 Å². The molecule has 1 aromatic carbocycles. The van der Waals surface area contributed by atoms with Crippen molar-refractivity contribution < 1.29 is 18.7 Å². The number of halogens is 1. The zero-order valence-corrected chi connectivity index (χ0v) is 12.7. The molecule has 1 aliphatic rings. The van der Waals surface area contributed by atoms with Gasteiger partial charge in [0, 0.05) is 17.1 Å². The van der Waals surface area contributed by atoms with E-state index in [1.165, 1.54) is 11.2 Å². The van der Waals surface area contributed by atoms with Crippen LogP contribution in [-0.4, -0.2) is 24.5 Å². The van der Waals surface area contributed by atoms with E-state index in [4.69, 9.17) is 20.8 Å². The van der Waals surface area contributed by atoms with Crippen LogP contribution in [0.2, 0.25) is 5.02 Å². The van der Waals surface area contributed by atoms with Crippen LogP contribution in [0.1, 0.15) is 22.5 Å². The highest BCUT2D eigenvalue weighted by molar-refractivity contribution is 6.31. The fourth-order valence-corrected chi connectivity index (χ4v) is 2.67. The van der Waals surface area contributed by atoms with Crippen molar-refractivity contribution in [2.45, 2.75) is 19.4 Å². The first kappa shape index (κ1) is 14.7. The van der Waals surface area contributed by atoms with Crippen LogP contribution in [0.4, 0.5) is 5.69 Å². The van der Waals surface area contributed by atoms with Gasteiger partial charge in [-0.1, -0.05) is 17.7 Å². The first-order chi connectivity index (χ1) is 10.6. The summed E-state index contributed by atoms with van der Waals surface area (Å²) in [6.07, 6.45) is 1.86. The zero-order chi connectivity index (χ0) is 15.7. The fourth-order valence-electron chi connectivity index (χ4n) is 2.50. The van der Waals surface area contributed by atoms with Gasteiger partial charge >= 0.3 is 5.97 Å². The van der Waals surface area contributed by atoms with Gasteiger partial charge in [0.1, 0.15) is 6.04 Å². The van der Waals surface area contributed by atoms with Crippen LogP contribution in [-0.2, 0) is 9.53 Å². The Hall–Kier alpha value is -2.27. The number of esters is 1. The van der Waals surface area contributed by atoms with E-state index in [0.29, 0.717) is 23.7 Å². The summed E-state index contributed by atoms with van der Waals surface area (Å²) in [6, 6.07) is 7.74. The molecule has 0 aliphatic carbocycles. The average molecular weight is 320 g/mol. The number of benzene rings is 1. The summed E-state index contributed by atoms with van der Waals surface area (Å²) < 4.78 is 10.2. The maximum absolute atomic E-state index is 12.8. The minimum Gasteiger partial charge on any atom is -0.464 e. The number of cyclic esters (lactones) is 1. The summed E-state index contributed by atoms with van der Waals surface area (Å²) in [7, 11) is 0. The SMILES string of the molecule is Cc1ccc(Cl)cc1N(C(=O)c1ccco1)C1CCOC1=O. The Kier molecular flexibility index (Phi) is 3.90. The second-order valence-corrected chi connectivity index (χ2v) is 5.49. The van der Waals surface area contributed by atoms with Gasteiger partial charge in [-0.05, 0) is 36.8 Å². The van der Waals surface area contributed by atoms with E-state index in [-0.39, 0.29) is 11.7 Å². The summed E-state index contributed by atoms with van der Waals surface area (Å²) in [4.78, 5) is 26.2. The van der Waals surface area contributed by atoms with Crippen LogP contribution in [0.3, 0.4) is 0 Å². The number of hydrogen-bond donors (Lipinski definition) is 0. The molecule has 1 unspecified atom stereocenters. The van der Waals surface area contributed by atoms with Gasteiger partial charge in [-0.3, -0.25) is 9.69 Å². The molecule has 1 aliphatic heterocycles. The van der Waals surface area contributed by atoms with Gasteiger partial charge in [0.2, 0.25) is 0 Å². The quantitative estimate of drug-likeness (QED) is 0.815. The highest BCUT2D eigenvalue weighted by Crippen LogP contribution is 2.30. The highest BCUT2D eigenvalue weighted by atomic mass is 35.5. The van der Waals surface area contributed by atoms with E-state index in [2.05, 4.69) is 0 Å². The molecule has 2 aromatic rings. The molecule has 6 heteroatoms. The number of ether oxygens (including phenoxy) is 1. The third-order valence-corrected chi connectivity index (χ3v) is 3.84. The summed E-state index contributed by atoms with van der Waals surface area (Å²) >= 11 is 6.06. The summed E-state index contributed by atoms with van der Waals surface area (Å²) in [5.41, 5.74) is 1.42. The second-order valence-electron chi connectivity index (χ2n) is 5.06. The smallest absolute Gasteiger partial charge is 0.329 e. The Labute approximate surface area is 132 Å². The zero-order valence-electron chi connectivity index (χ0n) is 11.9. The van der Waals surface area contributed by atoms with Gasteiger partial charge in [-0.15, -0.1) is 0 Å². The number of rotatable bonds is 3. The Morgan fingerprint density at radius 3 is 2.82 bits per heavy atom. The number of amides is 1. The third kappa shape index (κ3) is 2.60. The van der Waals surface area contributed by atoms with Gasteiger partial charge in [0.25, 0.3) is 5.91 Å². The minimum atomic E-state index is -0.672. The van der Waals surface area contributed by atoms with E-state index < -0.39 is 12.0 Å². The summed E-state index contributed by atoms with van der Waals surface area (Å²) in [5, 5.41) is 0.490. The van der Waals surface area contributed by atoms with Crippen LogP contribution in [0.25, 0.3) is 0 Å². The molecule has 1 atom stereocenters. The van der Waals surface area contributed by atoms with Crippen molar-refractivity contribution in [3.63, 3.8) is 0 Å². The van der Waals surface area contributed by atoms with Gasteiger partial charge in [-0.25, -0.2) is 4.79 Å². The molecule has 0 spiro atoms. The minimum absolute atomic E-state index is 0.166. The number of carbonyl (C=O) groups is 2. The maximum atomic E-state index is 12.8. The topological polar surface area (TPSA) is 59.8 Å². The molecule has 1 saturated heterocycles. The fraction of sp³-hybridized carbons (Fsp3) is 0.250. The summed E-state index contributed by atoms with van der Waals surface area (Å²) in [5.74, 6) is -0.641. The monoisotopic (exact) mass is 319 g/mol. The Bertz CT molecular complexity index is 711. The van der Waals surface area contributed by atoms with E-state index >= 15 is 0 Å². The molecule has 5 nitrogen and oxygen atoms in total. The van der Waals surface area contributed by atoms with Crippen molar-refractivity contribution in [3.05, 3.63) is 52.9 Å². The highest BCUT2D eigenvalue weighted by Gasteiger charge is 2.38. The van der Waals surface area contributed by atoms with Crippen molar-refractivity contribution in [2.24, 2.45) is 0 Å².